The molecule has 0 aromatic heterocycles. The van der Waals surface area contributed by atoms with E-state index in [-0.39, 0.29) is 12.5 Å². The van der Waals surface area contributed by atoms with Crippen LogP contribution in [0.1, 0.15) is 20.8 Å². The Labute approximate surface area is 66.6 Å². The van der Waals surface area contributed by atoms with E-state index >= 15 is 0 Å². The predicted molar refractivity (Wildman–Crippen MR) is 43.4 cm³/mol. The number of carbonyl (C=O) groups excluding carboxylic acids is 1. The van der Waals surface area contributed by atoms with E-state index in [1.807, 2.05) is 13.8 Å². The SMILES string of the molecule is CCOC(=O)CNN=C(C)C. The fourth-order valence-corrected chi connectivity index (χ4v) is 0.474. The first-order valence-corrected chi connectivity index (χ1v) is 3.56. The predicted octanol–water partition coefficient (Wildman–Crippen LogP) is 0.535. The van der Waals surface area contributed by atoms with Crippen molar-refractivity contribution < 1.29 is 9.53 Å². The third-order valence-electron chi connectivity index (χ3n) is 0.831. The lowest BCUT2D eigenvalue weighted by atomic mass is 10.5. The fraction of sp³-hybridized carbons (Fsp3) is 0.714. The second-order valence-corrected chi connectivity index (χ2v) is 2.20. The monoisotopic (exact) mass is 158 g/mol. The topological polar surface area (TPSA) is 50.7 Å². The third-order valence-corrected chi connectivity index (χ3v) is 0.831. The van der Waals surface area contributed by atoms with Crippen LogP contribution in [0.4, 0.5) is 0 Å². The van der Waals surface area contributed by atoms with E-state index in [4.69, 9.17) is 0 Å². The molecule has 0 fully saturated rings. The van der Waals surface area contributed by atoms with Crippen LogP contribution < -0.4 is 5.43 Å². The second kappa shape index (κ2) is 5.70. The molecule has 4 nitrogen and oxygen atoms in total. The molecule has 0 heterocycles. The molecular formula is C7H14N2O2. The van der Waals surface area contributed by atoms with Crippen LogP contribution in [-0.4, -0.2) is 24.8 Å². The number of rotatable bonds is 4. The molecule has 0 rings (SSSR count). The molecule has 0 aliphatic heterocycles. The van der Waals surface area contributed by atoms with Gasteiger partial charge in [0.05, 0.1) is 6.61 Å². The van der Waals surface area contributed by atoms with E-state index in [9.17, 15) is 4.79 Å². The molecule has 0 amide bonds. The number of esters is 1. The Hall–Kier alpha value is -1.06. The molecule has 0 radical (unpaired) electrons. The molecule has 0 aliphatic rings. The normalized spacial score (nSPS) is 8.64. The molecule has 0 bridgehead atoms. The van der Waals surface area contributed by atoms with E-state index in [0.29, 0.717) is 6.61 Å². The fourth-order valence-electron chi connectivity index (χ4n) is 0.474. The minimum absolute atomic E-state index is 0.138. The van der Waals surface area contributed by atoms with Gasteiger partial charge in [-0.15, -0.1) is 0 Å². The lowest BCUT2D eigenvalue weighted by Crippen LogP contribution is -2.21. The summed E-state index contributed by atoms with van der Waals surface area (Å²) in [7, 11) is 0. The standard InChI is InChI=1S/C7H14N2O2/c1-4-11-7(10)5-8-9-6(2)3/h8H,4-5H2,1-3H3. The Morgan fingerprint density at radius 2 is 2.18 bits per heavy atom. The molecule has 11 heavy (non-hydrogen) atoms. The van der Waals surface area contributed by atoms with E-state index in [1.54, 1.807) is 6.92 Å². The molecular weight excluding hydrogens is 144 g/mol. The Morgan fingerprint density at radius 1 is 1.55 bits per heavy atom. The van der Waals surface area contributed by atoms with Gasteiger partial charge in [0.2, 0.25) is 0 Å². The van der Waals surface area contributed by atoms with Gasteiger partial charge in [-0.25, -0.2) is 0 Å². The molecule has 0 spiro atoms. The average Bonchev–Trinajstić information content (AvgIpc) is 1.87. The van der Waals surface area contributed by atoms with Crippen molar-refractivity contribution in [2.75, 3.05) is 13.2 Å². The number of hydrogen-bond acceptors (Lipinski definition) is 4. The number of ether oxygens (including phenoxy) is 1. The van der Waals surface area contributed by atoms with Crippen LogP contribution in [0.25, 0.3) is 0 Å². The first-order valence-electron chi connectivity index (χ1n) is 3.56. The van der Waals surface area contributed by atoms with E-state index in [1.165, 1.54) is 0 Å². The second-order valence-electron chi connectivity index (χ2n) is 2.20. The highest BCUT2D eigenvalue weighted by Crippen LogP contribution is 1.75. The Balaban J connectivity index is 3.39. The van der Waals surface area contributed by atoms with Crippen molar-refractivity contribution in [3.8, 4) is 0 Å². The van der Waals surface area contributed by atoms with Crippen molar-refractivity contribution in [3.05, 3.63) is 0 Å². The van der Waals surface area contributed by atoms with Crippen LogP contribution in [0, 0.1) is 0 Å². The first kappa shape index (κ1) is 9.94. The van der Waals surface area contributed by atoms with Gasteiger partial charge in [0, 0.05) is 5.71 Å². The number of hydrogen-bond donors (Lipinski definition) is 1. The molecule has 0 saturated heterocycles. The molecule has 0 atom stereocenters. The van der Waals surface area contributed by atoms with Crippen molar-refractivity contribution in [2.45, 2.75) is 20.8 Å². The maximum Gasteiger partial charge on any atom is 0.327 e. The zero-order valence-electron chi connectivity index (χ0n) is 7.18. The van der Waals surface area contributed by atoms with Crippen LogP contribution >= 0.6 is 0 Å². The van der Waals surface area contributed by atoms with E-state index < -0.39 is 0 Å². The maximum absolute atomic E-state index is 10.7. The highest BCUT2D eigenvalue weighted by molar-refractivity contribution is 5.79. The Kier molecular flexibility index (Phi) is 5.15. The summed E-state index contributed by atoms with van der Waals surface area (Å²) >= 11 is 0. The van der Waals surface area contributed by atoms with Gasteiger partial charge in [-0.1, -0.05) is 0 Å². The largest absolute Gasteiger partial charge is 0.465 e. The molecule has 0 unspecified atom stereocenters. The summed E-state index contributed by atoms with van der Waals surface area (Å²) in [5.74, 6) is -0.280. The van der Waals surface area contributed by atoms with Crippen LogP contribution in [-0.2, 0) is 9.53 Å². The Morgan fingerprint density at radius 3 is 2.64 bits per heavy atom. The highest BCUT2D eigenvalue weighted by Gasteiger charge is 1.97. The maximum atomic E-state index is 10.7. The van der Waals surface area contributed by atoms with E-state index in [0.717, 1.165) is 5.71 Å². The number of nitrogens with one attached hydrogen (secondary N) is 1. The van der Waals surface area contributed by atoms with Gasteiger partial charge < -0.3 is 4.74 Å². The van der Waals surface area contributed by atoms with E-state index in [2.05, 4.69) is 15.3 Å². The minimum atomic E-state index is -0.280. The molecule has 0 aliphatic carbocycles. The van der Waals surface area contributed by atoms with Gasteiger partial charge in [0.25, 0.3) is 0 Å². The molecule has 0 aromatic carbocycles. The smallest absolute Gasteiger partial charge is 0.327 e. The van der Waals surface area contributed by atoms with Gasteiger partial charge >= 0.3 is 5.97 Å². The lowest BCUT2D eigenvalue weighted by Gasteiger charge is -2.00. The summed E-state index contributed by atoms with van der Waals surface area (Å²) in [6.07, 6.45) is 0. The summed E-state index contributed by atoms with van der Waals surface area (Å²) in [6, 6.07) is 0. The quantitative estimate of drug-likeness (QED) is 0.369. The molecule has 0 aromatic rings. The van der Waals surface area contributed by atoms with Crippen LogP contribution in [0.5, 0.6) is 0 Å². The first-order chi connectivity index (χ1) is 5.16. The van der Waals surface area contributed by atoms with Gasteiger partial charge in [-0.2, -0.15) is 5.10 Å². The molecule has 4 heteroatoms. The highest BCUT2D eigenvalue weighted by atomic mass is 16.5. The van der Waals surface area contributed by atoms with Gasteiger partial charge in [-0.3, -0.25) is 10.2 Å². The molecule has 0 saturated carbocycles. The van der Waals surface area contributed by atoms with Crippen LogP contribution in [0.3, 0.4) is 0 Å². The lowest BCUT2D eigenvalue weighted by molar-refractivity contribution is -0.141. The van der Waals surface area contributed by atoms with Gasteiger partial charge in [0.1, 0.15) is 6.54 Å². The number of nitrogens with zero attached hydrogens (tertiary/aromatic N) is 1. The Bertz CT molecular complexity index is 151. The van der Waals surface area contributed by atoms with Gasteiger partial charge in [0.15, 0.2) is 0 Å². The van der Waals surface area contributed by atoms with Crippen molar-refractivity contribution in [1.82, 2.24) is 5.43 Å². The summed E-state index contributed by atoms with van der Waals surface area (Å²) in [4.78, 5) is 10.7. The van der Waals surface area contributed by atoms with Crippen LogP contribution in [0.15, 0.2) is 5.10 Å². The van der Waals surface area contributed by atoms with Gasteiger partial charge in [-0.05, 0) is 20.8 Å². The number of carbonyl (C=O) groups is 1. The van der Waals surface area contributed by atoms with Crippen LogP contribution in [0.2, 0.25) is 0 Å². The zero-order valence-corrected chi connectivity index (χ0v) is 7.18. The molecule has 64 valence electrons. The number of hydrazone groups is 1. The van der Waals surface area contributed by atoms with Crippen molar-refractivity contribution in [1.29, 1.82) is 0 Å². The average molecular weight is 158 g/mol. The van der Waals surface area contributed by atoms with Crippen molar-refractivity contribution in [2.24, 2.45) is 5.10 Å². The third kappa shape index (κ3) is 6.83. The summed E-state index contributed by atoms with van der Waals surface area (Å²) in [6.45, 7) is 6.01. The van der Waals surface area contributed by atoms with Crippen molar-refractivity contribution in [3.63, 3.8) is 0 Å². The molecule has 1 N–H and O–H groups in total. The summed E-state index contributed by atoms with van der Waals surface area (Å²) < 4.78 is 4.65. The minimum Gasteiger partial charge on any atom is -0.465 e. The summed E-state index contributed by atoms with van der Waals surface area (Å²) in [5, 5.41) is 3.81. The summed E-state index contributed by atoms with van der Waals surface area (Å²) in [5.41, 5.74) is 3.47. The zero-order chi connectivity index (χ0) is 8.69. The van der Waals surface area contributed by atoms with Crippen molar-refractivity contribution >= 4 is 11.7 Å².